The smallest absolute Gasteiger partial charge is 0.162 e. The molecule has 0 N–H and O–H groups in total. The van der Waals surface area contributed by atoms with E-state index in [1.54, 1.807) is 18.9 Å². The molecular weight excluding hydrogens is 324 g/mol. The van der Waals surface area contributed by atoms with Crippen molar-refractivity contribution in [3.8, 4) is 11.5 Å². The third-order valence-corrected chi connectivity index (χ3v) is 4.37. The maximum absolute atomic E-state index is 5.85. The number of methoxy groups -OCH3 is 1. The van der Waals surface area contributed by atoms with Crippen LogP contribution >= 0.6 is 27.7 Å². The van der Waals surface area contributed by atoms with Crippen molar-refractivity contribution >= 4 is 27.7 Å². The zero-order valence-corrected chi connectivity index (χ0v) is 13.3. The quantitative estimate of drug-likeness (QED) is 0.732. The monoisotopic (exact) mass is 338 g/mol. The highest BCUT2D eigenvalue weighted by Gasteiger charge is 2.10. The molecule has 0 aliphatic rings. The molecule has 0 aromatic heterocycles. The molecule has 0 radical (unpaired) electrons. The number of hydrogen-bond acceptors (Lipinski definition) is 3. The molecule has 4 heteroatoms. The first kappa shape index (κ1) is 14.3. The second-order valence-electron chi connectivity index (χ2n) is 3.91. The fourth-order valence-corrected chi connectivity index (χ4v) is 2.97. The van der Waals surface area contributed by atoms with Crippen molar-refractivity contribution < 1.29 is 9.47 Å². The van der Waals surface area contributed by atoms with Crippen molar-refractivity contribution in [2.24, 2.45) is 0 Å². The molecule has 0 heterocycles. The van der Waals surface area contributed by atoms with E-state index in [0.29, 0.717) is 6.61 Å². The number of rotatable bonds is 5. The van der Waals surface area contributed by atoms with Crippen molar-refractivity contribution in [1.82, 2.24) is 0 Å². The molecule has 2 aromatic rings. The van der Waals surface area contributed by atoms with Gasteiger partial charge in [0, 0.05) is 9.37 Å². The van der Waals surface area contributed by atoms with Crippen LogP contribution in [0, 0.1) is 0 Å². The Bertz CT molecular complexity index is 543. The maximum Gasteiger partial charge on any atom is 0.162 e. The first-order chi connectivity index (χ1) is 9.24. The lowest BCUT2D eigenvalue weighted by Gasteiger charge is -2.13. The largest absolute Gasteiger partial charge is 0.493 e. The average molecular weight is 339 g/mol. The van der Waals surface area contributed by atoms with Crippen LogP contribution in [0.4, 0.5) is 0 Å². The third kappa shape index (κ3) is 3.67. The van der Waals surface area contributed by atoms with Gasteiger partial charge in [-0.05, 0) is 39.9 Å². The fourth-order valence-electron chi connectivity index (χ4n) is 1.68. The molecule has 0 aliphatic heterocycles. The van der Waals surface area contributed by atoms with Crippen LogP contribution < -0.4 is 9.47 Å². The van der Waals surface area contributed by atoms with Crippen LogP contribution in [0.2, 0.25) is 0 Å². The number of thioether (sulfide) groups is 1. The highest BCUT2D eigenvalue weighted by atomic mass is 79.9. The minimum Gasteiger partial charge on any atom is -0.493 e. The van der Waals surface area contributed by atoms with Crippen LogP contribution in [0.15, 0.2) is 51.8 Å². The summed E-state index contributed by atoms with van der Waals surface area (Å²) in [5.74, 6) is 1.50. The van der Waals surface area contributed by atoms with Crippen LogP contribution in [0.3, 0.4) is 0 Å². The third-order valence-electron chi connectivity index (χ3n) is 2.68. The number of halogens is 1. The Kier molecular flexibility index (Phi) is 5.16. The summed E-state index contributed by atoms with van der Waals surface area (Å²) in [5, 5.41) is 0. The molecule has 0 spiro atoms. The van der Waals surface area contributed by atoms with E-state index in [1.165, 1.54) is 0 Å². The normalized spacial score (nSPS) is 10.3. The Morgan fingerprint density at radius 1 is 1.11 bits per heavy atom. The van der Waals surface area contributed by atoms with E-state index in [1.807, 2.05) is 48.7 Å². The van der Waals surface area contributed by atoms with E-state index in [4.69, 9.17) is 9.47 Å². The molecule has 19 heavy (non-hydrogen) atoms. The first-order valence-corrected chi connectivity index (χ1v) is 7.84. The Balaban J connectivity index is 2.19. The summed E-state index contributed by atoms with van der Waals surface area (Å²) in [4.78, 5) is 1.13. The highest BCUT2D eigenvalue weighted by molar-refractivity contribution is 9.10. The van der Waals surface area contributed by atoms with Gasteiger partial charge in [-0.3, -0.25) is 0 Å². The fraction of sp³-hybridized carbons (Fsp3) is 0.200. The van der Waals surface area contributed by atoms with Crippen molar-refractivity contribution in [2.45, 2.75) is 11.5 Å². The predicted molar refractivity (Wildman–Crippen MR) is 83.2 cm³/mol. The van der Waals surface area contributed by atoms with Gasteiger partial charge in [-0.15, -0.1) is 11.8 Å². The van der Waals surface area contributed by atoms with E-state index >= 15 is 0 Å². The summed E-state index contributed by atoms with van der Waals surface area (Å²) in [6.07, 6.45) is 2.04. The standard InChI is InChI=1S/C15H15BrO2S/c1-17-13-8-12(16)15(19-2)9-14(13)18-10-11-6-4-3-5-7-11/h3-9H,10H2,1-2H3. The predicted octanol–water partition coefficient (Wildman–Crippen LogP) is 4.76. The van der Waals surface area contributed by atoms with Crippen LogP contribution in [0.5, 0.6) is 11.5 Å². The van der Waals surface area contributed by atoms with Gasteiger partial charge in [0.15, 0.2) is 11.5 Å². The molecular formula is C15H15BrO2S. The minimum absolute atomic E-state index is 0.534. The lowest BCUT2D eigenvalue weighted by atomic mass is 10.2. The summed E-state index contributed by atoms with van der Waals surface area (Å²) < 4.78 is 12.2. The second-order valence-corrected chi connectivity index (χ2v) is 5.61. The number of ether oxygens (including phenoxy) is 2. The van der Waals surface area contributed by atoms with Crippen molar-refractivity contribution in [1.29, 1.82) is 0 Å². The highest BCUT2D eigenvalue weighted by Crippen LogP contribution is 2.37. The lowest BCUT2D eigenvalue weighted by Crippen LogP contribution is -1.98. The molecule has 2 nitrogen and oxygen atoms in total. The Morgan fingerprint density at radius 2 is 1.84 bits per heavy atom. The molecule has 0 saturated heterocycles. The molecule has 0 amide bonds. The van der Waals surface area contributed by atoms with Crippen LogP contribution in [-0.4, -0.2) is 13.4 Å². The van der Waals surface area contributed by atoms with Gasteiger partial charge in [0.2, 0.25) is 0 Å². The summed E-state index contributed by atoms with van der Waals surface area (Å²) in [6.45, 7) is 0.534. The van der Waals surface area contributed by atoms with E-state index in [-0.39, 0.29) is 0 Å². The maximum atomic E-state index is 5.85. The first-order valence-electron chi connectivity index (χ1n) is 5.83. The van der Waals surface area contributed by atoms with Crippen molar-refractivity contribution in [3.63, 3.8) is 0 Å². The van der Waals surface area contributed by atoms with Crippen LogP contribution in [0.1, 0.15) is 5.56 Å². The molecule has 0 atom stereocenters. The van der Waals surface area contributed by atoms with E-state index < -0.39 is 0 Å². The van der Waals surface area contributed by atoms with Gasteiger partial charge in [-0.1, -0.05) is 30.3 Å². The zero-order valence-electron chi connectivity index (χ0n) is 10.9. The van der Waals surface area contributed by atoms with Crippen molar-refractivity contribution in [2.75, 3.05) is 13.4 Å². The van der Waals surface area contributed by atoms with E-state index in [9.17, 15) is 0 Å². The molecule has 100 valence electrons. The number of benzene rings is 2. The van der Waals surface area contributed by atoms with E-state index in [2.05, 4.69) is 15.9 Å². The average Bonchev–Trinajstić information content (AvgIpc) is 2.46. The summed E-state index contributed by atoms with van der Waals surface area (Å²) in [7, 11) is 1.65. The van der Waals surface area contributed by atoms with Gasteiger partial charge < -0.3 is 9.47 Å². The molecule has 0 bridgehead atoms. The van der Waals surface area contributed by atoms with E-state index in [0.717, 1.165) is 26.4 Å². The minimum atomic E-state index is 0.534. The topological polar surface area (TPSA) is 18.5 Å². The molecule has 0 aliphatic carbocycles. The zero-order chi connectivity index (χ0) is 13.7. The summed E-state index contributed by atoms with van der Waals surface area (Å²) in [5.41, 5.74) is 1.14. The van der Waals surface area contributed by atoms with Crippen LogP contribution in [0.25, 0.3) is 0 Å². The van der Waals surface area contributed by atoms with Crippen LogP contribution in [-0.2, 0) is 6.61 Å². The van der Waals surface area contributed by atoms with Gasteiger partial charge >= 0.3 is 0 Å². The second kappa shape index (κ2) is 6.87. The van der Waals surface area contributed by atoms with Crippen molar-refractivity contribution in [3.05, 3.63) is 52.5 Å². The van der Waals surface area contributed by atoms with Gasteiger partial charge in [-0.2, -0.15) is 0 Å². The van der Waals surface area contributed by atoms with Gasteiger partial charge in [0.05, 0.1) is 7.11 Å². The van der Waals surface area contributed by atoms with Gasteiger partial charge in [0.25, 0.3) is 0 Å². The number of hydrogen-bond donors (Lipinski definition) is 0. The molecule has 0 fully saturated rings. The van der Waals surface area contributed by atoms with Gasteiger partial charge in [0.1, 0.15) is 6.61 Å². The summed E-state index contributed by atoms with van der Waals surface area (Å²) in [6, 6.07) is 14.0. The summed E-state index contributed by atoms with van der Waals surface area (Å²) >= 11 is 5.19. The molecule has 0 saturated carbocycles. The SMILES string of the molecule is COc1cc(Br)c(SC)cc1OCc1ccccc1. The Labute approximate surface area is 126 Å². The molecule has 0 unspecified atom stereocenters. The Morgan fingerprint density at radius 3 is 2.47 bits per heavy atom. The molecule has 2 rings (SSSR count). The lowest BCUT2D eigenvalue weighted by molar-refractivity contribution is 0.283. The van der Waals surface area contributed by atoms with Gasteiger partial charge in [-0.25, -0.2) is 0 Å². The molecule has 2 aromatic carbocycles. The Hall–Kier alpha value is -1.13.